The van der Waals surface area contributed by atoms with Crippen LogP contribution in [-0.4, -0.2) is 30.3 Å². The summed E-state index contributed by atoms with van der Waals surface area (Å²) in [5, 5.41) is 0. The van der Waals surface area contributed by atoms with Crippen LogP contribution < -0.4 is 0 Å². The van der Waals surface area contributed by atoms with E-state index in [1.807, 2.05) is 31.4 Å². The molecule has 0 radical (unpaired) electrons. The fourth-order valence-electron chi connectivity index (χ4n) is 2.36. The summed E-state index contributed by atoms with van der Waals surface area (Å²) in [5.74, 6) is 0.490. The Morgan fingerprint density at radius 2 is 1.52 bits per heavy atom. The highest BCUT2D eigenvalue weighted by molar-refractivity contribution is 6.84. The van der Waals surface area contributed by atoms with E-state index < -0.39 is 17.1 Å². The van der Waals surface area contributed by atoms with Gasteiger partial charge in [0.25, 0.3) is 0 Å². The van der Waals surface area contributed by atoms with Gasteiger partial charge in [0, 0.05) is 13.2 Å². The van der Waals surface area contributed by atoms with Crippen molar-refractivity contribution in [2.45, 2.75) is 54.1 Å². The van der Waals surface area contributed by atoms with Crippen LogP contribution in [-0.2, 0) is 13.0 Å². The van der Waals surface area contributed by atoms with E-state index in [9.17, 15) is 0 Å². The van der Waals surface area contributed by atoms with E-state index >= 15 is 0 Å². The topological polar surface area (TPSA) is 27.7 Å². The van der Waals surface area contributed by atoms with Crippen LogP contribution in [0.15, 0.2) is 24.6 Å². The molecule has 5 heteroatoms. The van der Waals surface area contributed by atoms with Gasteiger partial charge in [-0.3, -0.25) is 0 Å². The van der Waals surface area contributed by atoms with E-state index in [0.29, 0.717) is 24.5 Å². The van der Waals surface area contributed by atoms with Crippen LogP contribution >= 0.6 is 0 Å². The van der Waals surface area contributed by atoms with Crippen molar-refractivity contribution >= 4 is 17.1 Å². The molecule has 0 saturated carbocycles. The van der Waals surface area contributed by atoms with Gasteiger partial charge in [0.1, 0.15) is 0 Å². The van der Waals surface area contributed by atoms with Crippen molar-refractivity contribution in [2.75, 3.05) is 13.2 Å². The SMILES string of the molecule is C=C[Si](C)(OCC)O[Si](C)(C=C)OCC(C)CC(C)(C)C. The molecule has 0 rings (SSSR count). The molecule has 3 atom stereocenters. The maximum Gasteiger partial charge on any atom is 0.352 e. The first-order valence-corrected chi connectivity index (χ1v) is 12.5. The Labute approximate surface area is 133 Å². The summed E-state index contributed by atoms with van der Waals surface area (Å²) in [7, 11) is -4.80. The highest BCUT2D eigenvalue weighted by Gasteiger charge is 2.39. The number of hydrogen-bond donors (Lipinski definition) is 0. The average molecular weight is 331 g/mol. The molecule has 0 aliphatic rings. The molecular formula is C16H34O3Si2. The minimum Gasteiger partial charge on any atom is -0.409 e. The molecule has 0 heterocycles. The molecule has 3 nitrogen and oxygen atoms in total. The Bertz CT molecular complexity index is 341. The van der Waals surface area contributed by atoms with Crippen LogP contribution in [0.1, 0.15) is 41.0 Å². The van der Waals surface area contributed by atoms with Crippen molar-refractivity contribution in [1.29, 1.82) is 0 Å². The average Bonchev–Trinajstić information content (AvgIpc) is 2.35. The van der Waals surface area contributed by atoms with E-state index in [4.69, 9.17) is 13.0 Å². The molecule has 0 aromatic heterocycles. The molecular weight excluding hydrogens is 296 g/mol. The molecule has 0 amide bonds. The predicted octanol–water partition coefficient (Wildman–Crippen LogP) is 4.72. The Morgan fingerprint density at radius 3 is 1.90 bits per heavy atom. The van der Waals surface area contributed by atoms with E-state index in [0.717, 1.165) is 6.42 Å². The van der Waals surface area contributed by atoms with Crippen molar-refractivity contribution in [3.8, 4) is 0 Å². The molecule has 0 aliphatic heterocycles. The first-order chi connectivity index (χ1) is 9.49. The van der Waals surface area contributed by atoms with Crippen LogP contribution in [0.2, 0.25) is 13.1 Å². The van der Waals surface area contributed by atoms with E-state index in [2.05, 4.69) is 40.9 Å². The van der Waals surface area contributed by atoms with Crippen molar-refractivity contribution in [2.24, 2.45) is 11.3 Å². The van der Waals surface area contributed by atoms with Gasteiger partial charge in [-0.15, -0.1) is 13.2 Å². The molecule has 0 spiro atoms. The van der Waals surface area contributed by atoms with Gasteiger partial charge >= 0.3 is 17.1 Å². The Morgan fingerprint density at radius 1 is 1.05 bits per heavy atom. The lowest BCUT2D eigenvalue weighted by Gasteiger charge is -2.34. The van der Waals surface area contributed by atoms with Gasteiger partial charge in [0.2, 0.25) is 0 Å². The lowest BCUT2D eigenvalue weighted by Crippen LogP contribution is -2.50. The van der Waals surface area contributed by atoms with Gasteiger partial charge in [-0.1, -0.05) is 39.1 Å². The summed E-state index contributed by atoms with van der Waals surface area (Å²) in [6, 6.07) is 0. The van der Waals surface area contributed by atoms with Crippen LogP contribution in [0.3, 0.4) is 0 Å². The van der Waals surface area contributed by atoms with Gasteiger partial charge in [0.15, 0.2) is 0 Å². The summed E-state index contributed by atoms with van der Waals surface area (Å²) in [6.07, 6.45) is 1.12. The van der Waals surface area contributed by atoms with Crippen LogP contribution in [0.4, 0.5) is 0 Å². The highest BCUT2D eigenvalue weighted by Crippen LogP contribution is 2.26. The third-order valence-corrected chi connectivity index (χ3v) is 9.52. The maximum absolute atomic E-state index is 6.24. The molecule has 21 heavy (non-hydrogen) atoms. The van der Waals surface area contributed by atoms with Gasteiger partial charge in [-0.05, 0) is 37.8 Å². The lowest BCUT2D eigenvalue weighted by molar-refractivity contribution is 0.164. The maximum atomic E-state index is 6.24. The number of hydrogen-bond acceptors (Lipinski definition) is 3. The largest absolute Gasteiger partial charge is 0.409 e. The quantitative estimate of drug-likeness (QED) is 0.542. The zero-order chi connectivity index (χ0) is 16.7. The summed E-state index contributed by atoms with van der Waals surface area (Å²) in [4.78, 5) is 0. The molecule has 3 unspecified atom stereocenters. The van der Waals surface area contributed by atoms with E-state index in [1.165, 1.54) is 0 Å². The van der Waals surface area contributed by atoms with Gasteiger partial charge in [-0.2, -0.15) is 0 Å². The van der Waals surface area contributed by atoms with Crippen LogP contribution in [0, 0.1) is 11.3 Å². The standard InChI is InChI=1S/C16H34O3Si2/c1-10-17-20(8,11-2)19-21(9,12-3)18-14-15(4)13-16(5,6)7/h11-12,15H,2-3,10,13-14H2,1,4-9H3. The second-order valence-corrected chi connectivity index (χ2v) is 13.4. The Hall–Kier alpha value is -0.206. The summed E-state index contributed by atoms with van der Waals surface area (Å²) < 4.78 is 18.1. The monoisotopic (exact) mass is 330 g/mol. The minimum absolute atomic E-state index is 0.311. The van der Waals surface area contributed by atoms with Gasteiger partial charge < -0.3 is 13.0 Å². The molecule has 0 bridgehead atoms. The van der Waals surface area contributed by atoms with Crippen molar-refractivity contribution in [1.82, 2.24) is 0 Å². The first kappa shape index (κ1) is 20.8. The molecule has 0 aromatic rings. The smallest absolute Gasteiger partial charge is 0.352 e. The Balaban J connectivity index is 4.66. The van der Waals surface area contributed by atoms with Crippen LogP contribution in [0.5, 0.6) is 0 Å². The zero-order valence-electron chi connectivity index (χ0n) is 15.0. The van der Waals surface area contributed by atoms with Crippen LogP contribution in [0.25, 0.3) is 0 Å². The normalized spacial score (nSPS) is 19.4. The molecule has 0 saturated heterocycles. The molecule has 0 aliphatic carbocycles. The number of rotatable bonds is 10. The predicted molar refractivity (Wildman–Crippen MR) is 95.5 cm³/mol. The lowest BCUT2D eigenvalue weighted by atomic mass is 9.86. The molecule has 0 fully saturated rings. The summed E-state index contributed by atoms with van der Waals surface area (Å²) in [6.45, 7) is 24.0. The van der Waals surface area contributed by atoms with Crippen molar-refractivity contribution < 1.29 is 13.0 Å². The highest BCUT2D eigenvalue weighted by atomic mass is 28.5. The van der Waals surface area contributed by atoms with E-state index in [1.54, 1.807) is 0 Å². The first-order valence-electron chi connectivity index (χ1n) is 7.74. The van der Waals surface area contributed by atoms with Gasteiger partial charge in [0.05, 0.1) is 0 Å². The second kappa shape index (κ2) is 8.43. The van der Waals surface area contributed by atoms with E-state index in [-0.39, 0.29) is 0 Å². The summed E-state index contributed by atoms with van der Waals surface area (Å²) >= 11 is 0. The Kier molecular flexibility index (Phi) is 8.35. The van der Waals surface area contributed by atoms with Crippen molar-refractivity contribution in [3.63, 3.8) is 0 Å². The molecule has 124 valence electrons. The fraction of sp³-hybridized carbons (Fsp3) is 0.750. The minimum atomic E-state index is -2.43. The van der Waals surface area contributed by atoms with Crippen molar-refractivity contribution in [3.05, 3.63) is 24.6 Å². The third-order valence-electron chi connectivity index (χ3n) is 3.19. The molecule has 0 N–H and O–H groups in total. The van der Waals surface area contributed by atoms with Gasteiger partial charge in [-0.25, -0.2) is 0 Å². The zero-order valence-corrected chi connectivity index (χ0v) is 17.0. The second-order valence-electron chi connectivity index (χ2n) is 7.16. The fourth-order valence-corrected chi connectivity index (χ4v) is 8.14. The third kappa shape index (κ3) is 8.73. The molecule has 0 aromatic carbocycles. The summed E-state index contributed by atoms with van der Waals surface area (Å²) in [5.41, 5.74) is 3.96.